The highest BCUT2D eigenvalue weighted by Gasteiger charge is 2.43. The number of benzene rings is 1. The van der Waals surface area contributed by atoms with Crippen molar-refractivity contribution >= 4 is 29.4 Å². The lowest BCUT2D eigenvalue weighted by molar-refractivity contribution is -0.141. The van der Waals surface area contributed by atoms with E-state index in [-0.39, 0.29) is 55.0 Å². The molecule has 10 nitrogen and oxygen atoms in total. The largest absolute Gasteiger partial charge is 0.468 e. The molecule has 202 valence electrons. The van der Waals surface area contributed by atoms with Crippen molar-refractivity contribution in [3.8, 4) is 16.3 Å². The molecule has 1 aliphatic rings. The van der Waals surface area contributed by atoms with Gasteiger partial charge in [-0.15, -0.1) is 11.3 Å². The lowest BCUT2D eigenvalue weighted by Gasteiger charge is -2.29. The summed E-state index contributed by atoms with van der Waals surface area (Å²) in [6.45, 7) is 7.43. The fourth-order valence-electron chi connectivity index (χ4n) is 4.72. The molecule has 2 amide bonds. The molecule has 4 atom stereocenters. The van der Waals surface area contributed by atoms with Gasteiger partial charge in [-0.25, -0.2) is 4.98 Å². The number of nitrogens with zero attached hydrogens (tertiary/aromatic N) is 3. The number of aliphatic hydroxyl groups excluding tert-OH is 1. The van der Waals surface area contributed by atoms with Crippen LogP contribution in [0, 0.1) is 12.8 Å². The summed E-state index contributed by atoms with van der Waals surface area (Å²) in [5, 5.41) is 17.2. The number of β-amino-alcohol motifs (C(OH)–C–C–N with tert-alkyl or cyclic N) is 1. The van der Waals surface area contributed by atoms with Crippen LogP contribution in [-0.2, 0) is 14.4 Å². The first-order chi connectivity index (χ1) is 18.2. The Morgan fingerprint density at radius 1 is 1.29 bits per heavy atom. The smallest absolute Gasteiger partial charge is 0.254 e. The highest BCUT2D eigenvalue weighted by molar-refractivity contribution is 7.13. The van der Waals surface area contributed by atoms with Crippen molar-refractivity contribution in [2.24, 2.45) is 5.92 Å². The van der Waals surface area contributed by atoms with Crippen molar-refractivity contribution < 1.29 is 28.8 Å². The summed E-state index contributed by atoms with van der Waals surface area (Å²) < 4.78 is 10.5. The predicted molar refractivity (Wildman–Crippen MR) is 141 cm³/mol. The average Bonchev–Trinajstić information content (AvgIpc) is 3.62. The molecule has 1 aromatic carbocycles. The molecule has 1 saturated heterocycles. The van der Waals surface area contributed by atoms with Crippen molar-refractivity contribution in [3.05, 3.63) is 52.9 Å². The second-order valence-corrected chi connectivity index (χ2v) is 10.6. The van der Waals surface area contributed by atoms with Crippen LogP contribution in [0.2, 0.25) is 0 Å². The number of aliphatic hydroxyl groups is 1. The SMILES string of the molecule is Cc1ncsc1-c1ccc([C@H](C)NC(=O)[C@@H]2C[C@@H](O)CN2C(=O)[C@@H](c2cc(OCC=O)no2)C(C)C)cc1. The Hall–Kier alpha value is -3.57. The maximum absolute atomic E-state index is 13.7. The Balaban J connectivity index is 1.46. The Bertz CT molecular complexity index is 1270. The first kappa shape index (κ1) is 27.5. The molecular weight excluding hydrogens is 508 g/mol. The van der Waals surface area contributed by atoms with Gasteiger partial charge in [-0.3, -0.25) is 14.4 Å². The summed E-state index contributed by atoms with van der Waals surface area (Å²) in [5.74, 6) is -1.22. The standard InChI is InChI=1S/C27H32N4O6S/c1-15(2)24(22-12-23(30-37-22)36-10-9-32)27(35)31-13-20(33)11-21(31)26(34)29-16(3)18-5-7-19(8-6-18)25-17(4)28-14-38-25/h5-9,12,14-16,20-21,24,33H,10-11,13H2,1-4H3,(H,29,34)/t16-,20+,21-,24+/m0/s1. The van der Waals surface area contributed by atoms with Crippen molar-refractivity contribution in [2.45, 2.75) is 58.2 Å². The molecule has 0 spiro atoms. The summed E-state index contributed by atoms with van der Waals surface area (Å²) in [4.78, 5) is 44.4. The van der Waals surface area contributed by atoms with Crippen LogP contribution in [0.1, 0.15) is 56.2 Å². The summed E-state index contributed by atoms with van der Waals surface area (Å²) in [6.07, 6.45) is -0.0878. The fourth-order valence-corrected chi connectivity index (χ4v) is 5.53. The maximum atomic E-state index is 13.7. The van der Waals surface area contributed by atoms with E-state index in [0.29, 0.717) is 6.29 Å². The topological polar surface area (TPSA) is 135 Å². The monoisotopic (exact) mass is 540 g/mol. The van der Waals surface area contributed by atoms with Gasteiger partial charge >= 0.3 is 0 Å². The number of carbonyl (C=O) groups is 3. The molecule has 1 aliphatic heterocycles. The van der Waals surface area contributed by atoms with Crippen molar-refractivity contribution in [2.75, 3.05) is 13.2 Å². The van der Waals surface area contributed by atoms with Gasteiger partial charge in [0.15, 0.2) is 12.0 Å². The summed E-state index contributed by atoms with van der Waals surface area (Å²) in [6, 6.07) is 8.29. The number of likely N-dealkylation sites (tertiary alicyclic amines) is 1. The molecule has 3 aromatic rings. The zero-order chi connectivity index (χ0) is 27.4. The number of carbonyl (C=O) groups excluding carboxylic acids is 3. The van der Waals surface area contributed by atoms with E-state index < -0.39 is 18.1 Å². The van der Waals surface area contributed by atoms with Crippen LogP contribution in [0.25, 0.3) is 10.4 Å². The number of aromatic nitrogens is 2. The van der Waals surface area contributed by atoms with E-state index in [1.807, 2.05) is 57.5 Å². The molecule has 2 aromatic heterocycles. The van der Waals surface area contributed by atoms with E-state index in [1.54, 1.807) is 11.3 Å². The number of thiazole rings is 1. The van der Waals surface area contributed by atoms with E-state index in [2.05, 4.69) is 15.5 Å². The molecule has 11 heteroatoms. The van der Waals surface area contributed by atoms with Crippen LogP contribution in [0.3, 0.4) is 0 Å². The lowest BCUT2D eigenvalue weighted by Crippen LogP contribution is -2.48. The number of rotatable bonds is 10. The lowest BCUT2D eigenvalue weighted by atomic mass is 9.91. The first-order valence-electron chi connectivity index (χ1n) is 12.5. The molecule has 1 fully saturated rings. The second-order valence-electron chi connectivity index (χ2n) is 9.78. The Labute approximate surface area is 225 Å². The number of aldehydes is 1. The third kappa shape index (κ3) is 5.94. The molecule has 0 unspecified atom stereocenters. The molecule has 0 aliphatic carbocycles. The third-order valence-corrected chi connectivity index (χ3v) is 7.66. The third-order valence-electron chi connectivity index (χ3n) is 6.69. The quantitative estimate of drug-likeness (QED) is 0.374. The van der Waals surface area contributed by atoms with Crippen LogP contribution >= 0.6 is 11.3 Å². The number of hydrogen-bond acceptors (Lipinski definition) is 9. The van der Waals surface area contributed by atoms with Crippen molar-refractivity contribution in [3.63, 3.8) is 0 Å². The van der Waals surface area contributed by atoms with Gasteiger partial charge in [0.2, 0.25) is 11.8 Å². The predicted octanol–water partition coefficient (Wildman–Crippen LogP) is 3.26. The first-order valence-corrected chi connectivity index (χ1v) is 13.4. The number of amides is 2. The van der Waals surface area contributed by atoms with E-state index in [0.717, 1.165) is 21.7 Å². The molecule has 3 heterocycles. The Kier molecular flexibility index (Phi) is 8.58. The van der Waals surface area contributed by atoms with Crippen LogP contribution in [-0.4, -0.2) is 63.5 Å². The molecule has 4 rings (SSSR count). The van der Waals surface area contributed by atoms with Gasteiger partial charge in [0, 0.05) is 19.0 Å². The zero-order valence-electron chi connectivity index (χ0n) is 21.8. The zero-order valence-corrected chi connectivity index (χ0v) is 22.6. The molecule has 2 N–H and O–H groups in total. The average molecular weight is 541 g/mol. The maximum Gasteiger partial charge on any atom is 0.254 e. The number of hydrogen-bond donors (Lipinski definition) is 2. The van der Waals surface area contributed by atoms with Gasteiger partial charge < -0.3 is 24.6 Å². The Morgan fingerprint density at radius 3 is 2.66 bits per heavy atom. The molecular formula is C27H32N4O6S. The van der Waals surface area contributed by atoms with Crippen LogP contribution < -0.4 is 10.1 Å². The van der Waals surface area contributed by atoms with E-state index in [1.165, 1.54) is 11.0 Å². The van der Waals surface area contributed by atoms with Crippen LogP contribution in [0.15, 0.2) is 40.4 Å². The van der Waals surface area contributed by atoms with Gasteiger partial charge in [-0.05, 0) is 36.0 Å². The minimum absolute atomic E-state index is 0.0417. The molecule has 38 heavy (non-hydrogen) atoms. The van der Waals surface area contributed by atoms with Crippen LogP contribution in [0.4, 0.5) is 0 Å². The number of nitrogens with one attached hydrogen (secondary N) is 1. The van der Waals surface area contributed by atoms with Crippen molar-refractivity contribution in [1.29, 1.82) is 0 Å². The van der Waals surface area contributed by atoms with E-state index in [4.69, 9.17) is 9.26 Å². The number of aryl methyl sites for hydroxylation is 1. The van der Waals surface area contributed by atoms with Gasteiger partial charge in [0.05, 0.1) is 28.2 Å². The van der Waals surface area contributed by atoms with Gasteiger partial charge in [0.25, 0.3) is 5.88 Å². The summed E-state index contributed by atoms with van der Waals surface area (Å²) >= 11 is 1.58. The molecule has 0 saturated carbocycles. The summed E-state index contributed by atoms with van der Waals surface area (Å²) in [7, 11) is 0. The van der Waals surface area contributed by atoms with E-state index >= 15 is 0 Å². The van der Waals surface area contributed by atoms with Gasteiger partial charge in [0.1, 0.15) is 18.6 Å². The molecule has 0 bridgehead atoms. The second kappa shape index (κ2) is 11.9. The molecule has 0 radical (unpaired) electrons. The highest BCUT2D eigenvalue weighted by Crippen LogP contribution is 2.33. The van der Waals surface area contributed by atoms with Gasteiger partial charge in [-0.2, -0.15) is 0 Å². The van der Waals surface area contributed by atoms with Crippen molar-refractivity contribution in [1.82, 2.24) is 20.4 Å². The minimum atomic E-state index is -0.825. The highest BCUT2D eigenvalue weighted by atomic mass is 32.1. The fraction of sp³-hybridized carbons (Fsp3) is 0.444. The normalized spacial score (nSPS) is 18.8. The summed E-state index contributed by atoms with van der Waals surface area (Å²) in [5.41, 5.74) is 4.78. The van der Waals surface area contributed by atoms with Gasteiger partial charge in [-0.1, -0.05) is 38.1 Å². The Morgan fingerprint density at radius 2 is 2.03 bits per heavy atom. The van der Waals surface area contributed by atoms with E-state index in [9.17, 15) is 19.5 Å². The number of ether oxygens (including phenoxy) is 1. The van der Waals surface area contributed by atoms with Crippen LogP contribution in [0.5, 0.6) is 5.88 Å². The minimum Gasteiger partial charge on any atom is -0.468 e.